The number of rotatable bonds is 5. The lowest BCUT2D eigenvalue weighted by Crippen LogP contribution is -2.38. The third-order valence-corrected chi connectivity index (χ3v) is 2.35. The van der Waals surface area contributed by atoms with Gasteiger partial charge in [0.15, 0.2) is 0 Å². The summed E-state index contributed by atoms with van der Waals surface area (Å²) in [7, 11) is 0. The minimum absolute atomic E-state index is 0.144. The zero-order valence-electron chi connectivity index (χ0n) is 7.93. The van der Waals surface area contributed by atoms with Crippen LogP contribution in [0.25, 0.3) is 0 Å². The maximum Gasteiger partial charge on any atom is 0.0715 e. The highest BCUT2D eigenvalue weighted by Gasteiger charge is 2.41. The Labute approximate surface area is 73.8 Å². The number of hydrogen-bond donors (Lipinski definition) is 3. The third-order valence-electron chi connectivity index (χ3n) is 2.35. The highest BCUT2D eigenvalue weighted by Crippen LogP contribution is 2.44. The summed E-state index contributed by atoms with van der Waals surface area (Å²) < 4.78 is 0. The van der Waals surface area contributed by atoms with Crippen LogP contribution in [-0.4, -0.2) is 35.5 Å². The van der Waals surface area contributed by atoms with E-state index in [-0.39, 0.29) is 12.0 Å². The minimum Gasteiger partial charge on any atom is -0.396 e. The Morgan fingerprint density at radius 2 is 2.00 bits per heavy atom. The molecule has 1 rings (SSSR count). The van der Waals surface area contributed by atoms with E-state index >= 15 is 0 Å². The number of aliphatic hydroxyl groups is 2. The Balaban J connectivity index is 2.10. The van der Waals surface area contributed by atoms with Gasteiger partial charge in [0.25, 0.3) is 0 Å². The van der Waals surface area contributed by atoms with E-state index in [1.807, 2.05) is 0 Å². The molecule has 0 unspecified atom stereocenters. The Morgan fingerprint density at radius 3 is 2.33 bits per heavy atom. The summed E-state index contributed by atoms with van der Waals surface area (Å²) >= 11 is 0. The van der Waals surface area contributed by atoms with Crippen molar-refractivity contribution in [1.82, 2.24) is 5.32 Å². The van der Waals surface area contributed by atoms with Crippen LogP contribution in [0.5, 0.6) is 0 Å². The zero-order valence-corrected chi connectivity index (χ0v) is 7.93. The zero-order chi connectivity index (χ0) is 9.24. The van der Waals surface area contributed by atoms with E-state index in [1.165, 1.54) is 0 Å². The molecule has 0 spiro atoms. The predicted octanol–water partition coefficient (Wildman–Crippen LogP) is 0.119. The van der Waals surface area contributed by atoms with Crippen molar-refractivity contribution in [3.8, 4) is 0 Å². The van der Waals surface area contributed by atoms with Crippen LogP contribution < -0.4 is 5.32 Å². The van der Waals surface area contributed by atoms with Crippen molar-refractivity contribution in [3.63, 3.8) is 0 Å². The second kappa shape index (κ2) is 3.32. The summed E-state index contributed by atoms with van der Waals surface area (Å²) in [6, 6.07) is 0. The van der Waals surface area contributed by atoms with E-state index in [0.717, 1.165) is 19.4 Å². The molecule has 1 saturated carbocycles. The van der Waals surface area contributed by atoms with Crippen molar-refractivity contribution in [1.29, 1.82) is 0 Å². The molecule has 0 radical (unpaired) electrons. The molecule has 0 aromatic heterocycles. The first-order valence-electron chi connectivity index (χ1n) is 4.51. The summed E-state index contributed by atoms with van der Waals surface area (Å²) in [6.07, 6.45) is 2.23. The first-order chi connectivity index (χ1) is 5.47. The molecule has 0 amide bonds. The first kappa shape index (κ1) is 9.96. The average Bonchev–Trinajstić information content (AvgIpc) is 2.67. The third kappa shape index (κ3) is 3.09. The molecule has 0 aliphatic heterocycles. The van der Waals surface area contributed by atoms with Crippen LogP contribution >= 0.6 is 0 Å². The monoisotopic (exact) mass is 173 g/mol. The largest absolute Gasteiger partial charge is 0.396 e. The van der Waals surface area contributed by atoms with Crippen LogP contribution in [0.4, 0.5) is 0 Å². The Kier molecular flexibility index (Phi) is 2.76. The molecule has 3 nitrogen and oxygen atoms in total. The van der Waals surface area contributed by atoms with Gasteiger partial charge in [0.2, 0.25) is 0 Å². The second-order valence-corrected chi connectivity index (χ2v) is 4.57. The summed E-state index contributed by atoms with van der Waals surface area (Å²) in [6.45, 7) is 5.24. The normalized spacial score (nSPS) is 21.0. The quantitative estimate of drug-likeness (QED) is 0.553. The molecule has 72 valence electrons. The van der Waals surface area contributed by atoms with Crippen molar-refractivity contribution >= 4 is 0 Å². The number of hydrogen-bond acceptors (Lipinski definition) is 3. The van der Waals surface area contributed by atoms with Gasteiger partial charge >= 0.3 is 0 Å². The van der Waals surface area contributed by atoms with Gasteiger partial charge in [-0.2, -0.15) is 0 Å². The summed E-state index contributed by atoms with van der Waals surface area (Å²) in [4.78, 5) is 0. The maximum atomic E-state index is 9.38. The standard InChI is InChI=1S/C9H19NO2/c1-8(2,12)5-10-6-9(7-11)3-4-9/h10-12H,3-7H2,1-2H3. The summed E-state index contributed by atoms with van der Waals surface area (Å²) in [5.74, 6) is 0. The van der Waals surface area contributed by atoms with Crippen LogP contribution in [0, 0.1) is 5.41 Å². The van der Waals surface area contributed by atoms with E-state index in [9.17, 15) is 5.11 Å². The van der Waals surface area contributed by atoms with Gasteiger partial charge in [0.1, 0.15) is 0 Å². The van der Waals surface area contributed by atoms with Crippen LogP contribution in [0.1, 0.15) is 26.7 Å². The Morgan fingerprint density at radius 1 is 1.42 bits per heavy atom. The van der Waals surface area contributed by atoms with Gasteiger partial charge in [0, 0.05) is 25.1 Å². The molecule has 1 aliphatic carbocycles. The van der Waals surface area contributed by atoms with E-state index in [2.05, 4.69) is 5.32 Å². The molecular weight excluding hydrogens is 154 g/mol. The van der Waals surface area contributed by atoms with Crippen LogP contribution in [0.15, 0.2) is 0 Å². The highest BCUT2D eigenvalue weighted by molar-refractivity contribution is 4.94. The average molecular weight is 173 g/mol. The maximum absolute atomic E-state index is 9.38. The van der Waals surface area contributed by atoms with Gasteiger partial charge in [-0.05, 0) is 26.7 Å². The van der Waals surface area contributed by atoms with Gasteiger partial charge in [-0.25, -0.2) is 0 Å². The smallest absolute Gasteiger partial charge is 0.0715 e. The molecule has 0 atom stereocenters. The van der Waals surface area contributed by atoms with Crippen LogP contribution in [-0.2, 0) is 0 Å². The lowest BCUT2D eigenvalue weighted by atomic mass is 10.1. The molecule has 12 heavy (non-hydrogen) atoms. The first-order valence-corrected chi connectivity index (χ1v) is 4.51. The van der Waals surface area contributed by atoms with Crippen molar-refractivity contribution in [3.05, 3.63) is 0 Å². The molecular formula is C9H19NO2. The lowest BCUT2D eigenvalue weighted by molar-refractivity contribution is 0.0765. The summed E-state index contributed by atoms with van der Waals surface area (Å²) in [5.41, 5.74) is -0.503. The molecule has 0 aromatic carbocycles. The van der Waals surface area contributed by atoms with E-state index in [0.29, 0.717) is 6.54 Å². The Hall–Kier alpha value is -0.120. The van der Waals surface area contributed by atoms with Crippen molar-refractivity contribution < 1.29 is 10.2 Å². The van der Waals surface area contributed by atoms with E-state index < -0.39 is 5.60 Å². The van der Waals surface area contributed by atoms with Crippen molar-refractivity contribution in [2.75, 3.05) is 19.7 Å². The van der Waals surface area contributed by atoms with Crippen LogP contribution in [0.2, 0.25) is 0 Å². The van der Waals surface area contributed by atoms with Crippen molar-refractivity contribution in [2.45, 2.75) is 32.3 Å². The summed E-state index contributed by atoms with van der Waals surface area (Å²) in [5, 5.41) is 21.5. The molecule has 1 aliphatic rings. The topological polar surface area (TPSA) is 52.5 Å². The minimum atomic E-state index is -0.647. The van der Waals surface area contributed by atoms with Gasteiger partial charge in [-0.3, -0.25) is 0 Å². The molecule has 0 aromatic rings. The molecule has 3 N–H and O–H groups in total. The fourth-order valence-electron chi connectivity index (χ4n) is 1.20. The van der Waals surface area contributed by atoms with Crippen LogP contribution in [0.3, 0.4) is 0 Å². The van der Waals surface area contributed by atoms with E-state index in [4.69, 9.17) is 5.11 Å². The SMILES string of the molecule is CC(C)(O)CNCC1(CO)CC1. The molecule has 3 heteroatoms. The van der Waals surface area contributed by atoms with Gasteiger partial charge in [0.05, 0.1) is 5.60 Å². The molecule has 0 saturated heterocycles. The fraction of sp³-hybridized carbons (Fsp3) is 1.00. The van der Waals surface area contributed by atoms with Crippen molar-refractivity contribution in [2.24, 2.45) is 5.41 Å². The molecule has 1 fully saturated rings. The van der Waals surface area contributed by atoms with Gasteiger partial charge < -0.3 is 15.5 Å². The number of nitrogens with one attached hydrogen (secondary N) is 1. The number of aliphatic hydroxyl groups excluding tert-OH is 1. The Bertz CT molecular complexity index is 147. The van der Waals surface area contributed by atoms with E-state index in [1.54, 1.807) is 13.8 Å². The molecule has 0 bridgehead atoms. The van der Waals surface area contributed by atoms with Gasteiger partial charge in [-0.15, -0.1) is 0 Å². The predicted molar refractivity (Wildman–Crippen MR) is 47.9 cm³/mol. The second-order valence-electron chi connectivity index (χ2n) is 4.57. The van der Waals surface area contributed by atoms with Gasteiger partial charge in [-0.1, -0.05) is 0 Å². The highest BCUT2D eigenvalue weighted by atomic mass is 16.3. The molecule has 0 heterocycles. The fourth-order valence-corrected chi connectivity index (χ4v) is 1.20. The lowest BCUT2D eigenvalue weighted by Gasteiger charge is -2.20.